The zero-order chi connectivity index (χ0) is 17.8. The molecule has 0 aliphatic rings. The van der Waals surface area contributed by atoms with Crippen molar-refractivity contribution in [3.8, 4) is 22.1 Å². The molecule has 3 rings (SSSR count). The quantitative estimate of drug-likeness (QED) is 0.656. The molecule has 0 spiro atoms. The zero-order valence-electron chi connectivity index (χ0n) is 13.5. The molecule has 8 heteroatoms. The maximum Gasteiger partial charge on any atom is 0.230 e. The Kier molecular flexibility index (Phi) is 5.57. The fourth-order valence-electron chi connectivity index (χ4n) is 2.22. The monoisotopic (exact) mass is 394 g/mol. The van der Waals surface area contributed by atoms with Crippen molar-refractivity contribution >= 4 is 45.9 Å². The van der Waals surface area contributed by atoms with E-state index in [0.717, 1.165) is 16.3 Å². The van der Waals surface area contributed by atoms with E-state index in [1.54, 1.807) is 23.5 Å². The van der Waals surface area contributed by atoms with Crippen molar-refractivity contribution in [3.63, 3.8) is 0 Å². The number of carbonyl (C=O) groups excluding carboxylic acids is 1. The van der Waals surface area contributed by atoms with Gasteiger partial charge in [-0.15, -0.1) is 11.3 Å². The molecule has 1 amide bonds. The first-order valence-corrected chi connectivity index (χ1v) is 9.49. The molecular weight excluding hydrogens is 380 g/mol. The minimum atomic E-state index is -0.193. The van der Waals surface area contributed by atoms with Gasteiger partial charge in [0.2, 0.25) is 5.91 Å². The molecule has 0 unspecified atom stereocenters. The zero-order valence-corrected chi connectivity index (χ0v) is 15.9. The third kappa shape index (κ3) is 4.12. The SMILES string of the molecule is COc1cc(OC)c(NC(=O)Cc2csc(-c3ccsc3)n2)cc1Cl. The van der Waals surface area contributed by atoms with Crippen LogP contribution in [-0.2, 0) is 11.2 Å². The normalized spacial score (nSPS) is 10.5. The summed E-state index contributed by atoms with van der Waals surface area (Å²) >= 11 is 9.26. The van der Waals surface area contributed by atoms with E-state index in [4.69, 9.17) is 21.1 Å². The van der Waals surface area contributed by atoms with Crippen LogP contribution in [0.5, 0.6) is 11.5 Å². The first-order valence-electron chi connectivity index (χ1n) is 7.29. The summed E-state index contributed by atoms with van der Waals surface area (Å²) in [5.74, 6) is 0.768. The van der Waals surface area contributed by atoms with E-state index in [1.807, 2.05) is 22.2 Å². The second-order valence-corrected chi connectivity index (χ2v) is 7.11. The number of halogens is 1. The number of hydrogen-bond donors (Lipinski definition) is 1. The Hall–Kier alpha value is -2.09. The van der Waals surface area contributed by atoms with Crippen molar-refractivity contribution in [1.29, 1.82) is 0 Å². The van der Waals surface area contributed by atoms with Gasteiger partial charge in [-0.3, -0.25) is 4.79 Å². The van der Waals surface area contributed by atoms with Crippen LogP contribution in [0.3, 0.4) is 0 Å². The van der Waals surface area contributed by atoms with Gasteiger partial charge in [-0.25, -0.2) is 4.98 Å². The Morgan fingerprint density at radius 3 is 2.72 bits per heavy atom. The largest absolute Gasteiger partial charge is 0.495 e. The van der Waals surface area contributed by atoms with E-state index in [1.165, 1.54) is 25.6 Å². The van der Waals surface area contributed by atoms with E-state index in [-0.39, 0.29) is 12.3 Å². The van der Waals surface area contributed by atoms with Crippen LogP contribution in [0.15, 0.2) is 34.3 Å². The molecule has 3 aromatic rings. The Bertz CT molecular complexity index is 878. The van der Waals surface area contributed by atoms with Crippen LogP contribution in [0.4, 0.5) is 5.69 Å². The fraction of sp³-hybridized carbons (Fsp3) is 0.176. The van der Waals surface area contributed by atoms with Crippen molar-refractivity contribution in [2.75, 3.05) is 19.5 Å². The summed E-state index contributed by atoms with van der Waals surface area (Å²) in [6, 6.07) is 5.25. The van der Waals surface area contributed by atoms with Gasteiger partial charge in [0.05, 0.1) is 37.0 Å². The fourth-order valence-corrected chi connectivity index (χ4v) is 4.00. The van der Waals surface area contributed by atoms with Crippen LogP contribution in [0, 0.1) is 0 Å². The van der Waals surface area contributed by atoms with Crippen LogP contribution in [-0.4, -0.2) is 25.1 Å². The highest BCUT2D eigenvalue weighted by Gasteiger charge is 2.14. The number of nitrogens with one attached hydrogen (secondary N) is 1. The lowest BCUT2D eigenvalue weighted by molar-refractivity contribution is -0.115. The highest BCUT2D eigenvalue weighted by molar-refractivity contribution is 7.14. The van der Waals surface area contributed by atoms with Gasteiger partial charge in [0.25, 0.3) is 0 Å². The molecule has 5 nitrogen and oxygen atoms in total. The van der Waals surface area contributed by atoms with Gasteiger partial charge < -0.3 is 14.8 Å². The number of amides is 1. The molecule has 1 aromatic carbocycles. The van der Waals surface area contributed by atoms with Crippen molar-refractivity contribution in [2.24, 2.45) is 0 Å². The number of thiazole rings is 1. The van der Waals surface area contributed by atoms with Crippen LogP contribution >= 0.6 is 34.3 Å². The first-order chi connectivity index (χ1) is 12.1. The number of nitrogens with zero attached hydrogens (tertiary/aromatic N) is 1. The molecule has 130 valence electrons. The molecule has 0 aliphatic heterocycles. The lowest BCUT2D eigenvalue weighted by atomic mass is 10.2. The molecule has 25 heavy (non-hydrogen) atoms. The van der Waals surface area contributed by atoms with Crippen molar-refractivity contribution in [2.45, 2.75) is 6.42 Å². The molecule has 0 fully saturated rings. The highest BCUT2D eigenvalue weighted by atomic mass is 35.5. The van der Waals surface area contributed by atoms with E-state index in [2.05, 4.69) is 10.3 Å². The molecule has 0 atom stereocenters. The van der Waals surface area contributed by atoms with E-state index >= 15 is 0 Å². The Morgan fingerprint density at radius 1 is 1.24 bits per heavy atom. The summed E-state index contributed by atoms with van der Waals surface area (Å²) in [7, 11) is 3.04. The molecule has 0 aliphatic carbocycles. The summed E-state index contributed by atoms with van der Waals surface area (Å²) in [6.45, 7) is 0. The molecule has 0 saturated carbocycles. The number of thiophene rings is 1. The van der Waals surface area contributed by atoms with Gasteiger partial charge in [-0.1, -0.05) is 11.6 Å². The van der Waals surface area contributed by atoms with Gasteiger partial charge >= 0.3 is 0 Å². The molecule has 0 bridgehead atoms. The van der Waals surface area contributed by atoms with Crippen LogP contribution in [0.25, 0.3) is 10.6 Å². The molecular formula is C17H15ClN2O3S2. The van der Waals surface area contributed by atoms with Gasteiger partial charge in [-0.2, -0.15) is 11.3 Å². The second-order valence-electron chi connectivity index (χ2n) is 5.07. The number of hydrogen-bond acceptors (Lipinski definition) is 6. The number of benzene rings is 1. The lowest BCUT2D eigenvalue weighted by Gasteiger charge is -2.12. The average Bonchev–Trinajstić information content (AvgIpc) is 3.26. The van der Waals surface area contributed by atoms with Crippen molar-refractivity contribution in [1.82, 2.24) is 4.98 Å². The minimum absolute atomic E-state index is 0.174. The third-order valence-electron chi connectivity index (χ3n) is 3.41. The van der Waals surface area contributed by atoms with Crippen molar-refractivity contribution in [3.05, 3.63) is 45.1 Å². The van der Waals surface area contributed by atoms with Crippen LogP contribution in [0.2, 0.25) is 5.02 Å². The van der Waals surface area contributed by atoms with E-state index in [0.29, 0.717) is 22.2 Å². The number of anilines is 1. The van der Waals surface area contributed by atoms with Crippen LogP contribution < -0.4 is 14.8 Å². The maximum absolute atomic E-state index is 12.3. The number of ether oxygens (including phenoxy) is 2. The van der Waals surface area contributed by atoms with Crippen molar-refractivity contribution < 1.29 is 14.3 Å². The number of methoxy groups -OCH3 is 2. The molecule has 0 radical (unpaired) electrons. The lowest BCUT2D eigenvalue weighted by Crippen LogP contribution is -2.15. The van der Waals surface area contributed by atoms with Gasteiger partial charge in [-0.05, 0) is 17.5 Å². The predicted octanol–water partition coefficient (Wildman–Crippen LogP) is 4.72. The summed E-state index contributed by atoms with van der Waals surface area (Å²) in [5, 5.41) is 10.0. The topological polar surface area (TPSA) is 60.5 Å². The summed E-state index contributed by atoms with van der Waals surface area (Å²) in [4.78, 5) is 16.8. The second kappa shape index (κ2) is 7.86. The van der Waals surface area contributed by atoms with E-state index < -0.39 is 0 Å². The van der Waals surface area contributed by atoms with Gasteiger partial charge in [0.1, 0.15) is 16.5 Å². The molecule has 0 saturated heterocycles. The summed E-state index contributed by atoms with van der Waals surface area (Å²) in [5.41, 5.74) is 2.29. The van der Waals surface area contributed by atoms with Crippen LogP contribution in [0.1, 0.15) is 5.69 Å². The summed E-state index contributed by atoms with van der Waals surface area (Å²) < 4.78 is 10.4. The number of rotatable bonds is 6. The predicted molar refractivity (Wildman–Crippen MR) is 102 cm³/mol. The molecule has 2 aromatic heterocycles. The molecule has 1 N–H and O–H groups in total. The smallest absolute Gasteiger partial charge is 0.230 e. The Labute approximate surface area is 158 Å². The summed E-state index contributed by atoms with van der Waals surface area (Å²) in [6.07, 6.45) is 0.174. The third-order valence-corrected chi connectivity index (χ3v) is 5.33. The van der Waals surface area contributed by atoms with Gasteiger partial charge in [0.15, 0.2) is 0 Å². The Morgan fingerprint density at radius 2 is 2.04 bits per heavy atom. The first kappa shape index (κ1) is 17.7. The van der Waals surface area contributed by atoms with E-state index in [9.17, 15) is 4.79 Å². The highest BCUT2D eigenvalue weighted by Crippen LogP contribution is 2.36. The number of aromatic nitrogens is 1. The molecule has 2 heterocycles. The standard InChI is InChI=1S/C17H15ClN2O3S2/c1-22-14-7-15(23-2)13(6-12(14)18)20-16(21)5-11-9-25-17(19-11)10-3-4-24-8-10/h3-4,6-9H,5H2,1-2H3,(H,20,21). The van der Waals surface area contributed by atoms with Gasteiger partial charge in [0, 0.05) is 22.4 Å². The maximum atomic E-state index is 12.3. The minimum Gasteiger partial charge on any atom is -0.495 e. The average molecular weight is 395 g/mol. The Balaban J connectivity index is 1.72. The number of carbonyl (C=O) groups is 1.